The molecular formula is C25H24ClN7O2S. The molecule has 0 radical (unpaired) electrons. The number of nitrogens with zero attached hydrogens (tertiary/aromatic N) is 4. The third-order valence-electron chi connectivity index (χ3n) is 6.00. The van der Waals surface area contributed by atoms with Gasteiger partial charge in [-0.15, -0.1) is 0 Å². The lowest BCUT2D eigenvalue weighted by Gasteiger charge is -2.30. The van der Waals surface area contributed by atoms with Gasteiger partial charge in [0.15, 0.2) is 5.82 Å². The van der Waals surface area contributed by atoms with Crippen molar-refractivity contribution in [2.45, 2.75) is 0 Å². The second-order valence-corrected chi connectivity index (χ2v) is 11.2. The largest absolute Gasteiger partial charge is 0.370 e. The van der Waals surface area contributed by atoms with Gasteiger partial charge in [0.1, 0.15) is 5.02 Å². The van der Waals surface area contributed by atoms with Crippen molar-refractivity contribution in [1.82, 2.24) is 14.5 Å². The van der Waals surface area contributed by atoms with E-state index in [4.69, 9.17) is 16.4 Å². The molecule has 4 aromatic rings. The fourth-order valence-electron chi connectivity index (χ4n) is 4.10. The number of carbonyl (C=O) groups excluding carboxylic acids is 1. The van der Waals surface area contributed by atoms with E-state index in [1.54, 1.807) is 6.20 Å². The maximum atomic E-state index is 11.9. The predicted molar refractivity (Wildman–Crippen MR) is 145 cm³/mol. The average molecular weight is 522 g/mol. The van der Waals surface area contributed by atoms with Crippen molar-refractivity contribution < 1.29 is 9.00 Å². The zero-order valence-electron chi connectivity index (χ0n) is 19.3. The van der Waals surface area contributed by atoms with Crippen molar-refractivity contribution in [3.8, 4) is 5.82 Å². The molecule has 0 unspecified atom stereocenters. The number of anilines is 4. The normalized spacial score (nSPS) is 15.0. The first kappa shape index (κ1) is 23.8. The molecule has 0 spiro atoms. The first-order chi connectivity index (χ1) is 17.3. The van der Waals surface area contributed by atoms with Crippen molar-refractivity contribution >= 4 is 61.2 Å². The number of benzene rings is 2. The van der Waals surface area contributed by atoms with Gasteiger partial charge in [-0.2, -0.15) is 4.98 Å². The maximum Gasteiger partial charge on any atom is 0.247 e. The molecule has 11 heteroatoms. The van der Waals surface area contributed by atoms with Gasteiger partial charge in [-0.3, -0.25) is 14.1 Å². The summed E-state index contributed by atoms with van der Waals surface area (Å²) < 4.78 is 21.5. The Morgan fingerprint density at radius 2 is 1.89 bits per heavy atom. The average Bonchev–Trinajstić information content (AvgIpc) is 3.31. The zero-order valence-corrected chi connectivity index (χ0v) is 20.9. The van der Waals surface area contributed by atoms with Gasteiger partial charge in [-0.05, 0) is 48.5 Å². The molecule has 5 rings (SSSR count). The zero-order chi connectivity index (χ0) is 25.3. The van der Waals surface area contributed by atoms with Gasteiger partial charge >= 0.3 is 0 Å². The molecule has 0 atom stereocenters. The Bertz CT molecular complexity index is 1550. The molecule has 3 N–H and O–H groups in total. The molecule has 184 valence electrons. The van der Waals surface area contributed by atoms with Gasteiger partial charge in [0, 0.05) is 57.3 Å². The van der Waals surface area contributed by atoms with Crippen LogP contribution in [0.15, 0.2) is 73.6 Å². The van der Waals surface area contributed by atoms with Crippen LogP contribution >= 0.6 is 11.6 Å². The van der Waals surface area contributed by atoms with Gasteiger partial charge in [-0.1, -0.05) is 24.2 Å². The van der Waals surface area contributed by atoms with Crippen LogP contribution in [0.3, 0.4) is 0 Å². The van der Waals surface area contributed by atoms with E-state index in [0.717, 1.165) is 22.3 Å². The molecule has 1 saturated heterocycles. The summed E-state index contributed by atoms with van der Waals surface area (Å²) in [7, 11) is -2.43. The third kappa shape index (κ3) is 4.91. The van der Waals surface area contributed by atoms with Gasteiger partial charge in [0.05, 0.1) is 17.4 Å². The molecule has 9 nitrogen and oxygen atoms in total. The lowest BCUT2D eigenvalue weighted by Crippen LogP contribution is -2.39. The van der Waals surface area contributed by atoms with E-state index in [1.165, 1.54) is 6.08 Å². The fraction of sp³-hybridized carbons (Fsp3) is 0.160. The number of nitrogens with one attached hydrogen (secondary N) is 3. The number of halogens is 1. The van der Waals surface area contributed by atoms with Crippen LogP contribution in [0.1, 0.15) is 0 Å². The number of fused-ring (bicyclic) bond motifs is 1. The summed E-state index contributed by atoms with van der Waals surface area (Å²) in [5.41, 5.74) is 3.32. The molecule has 2 aromatic heterocycles. The van der Waals surface area contributed by atoms with Crippen molar-refractivity contribution in [1.29, 1.82) is 4.78 Å². The van der Waals surface area contributed by atoms with Crippen LogP contribution in [0.25, 0.3) is 16.7 Å². The SMILES string of the molecule is C=CC(=O)Nc1cccc2c1ccn2-c1nc(Nc2ccc(N3CCS(=N)(=O)CC3)cc2)ncc1Cl. The van der Waals surface area contributed by atoms with E-state index in [0.29, 0.717) is 47.1 Å². The topological polar surface area (TPSA) is 116 Å². The summed E-state index contributed by atoms with van der Waals surface area (Å²) >= 11 is 6.47. The standard InChI is InChI=1S/C25H24ClN7O2S/c1-2-23(34)30-21-4-3-5-22-19(21)10-11-33(22)24-20(26)16-28-25(31-24)29-17-6-8-18(9-7-17)32-12-14-36(27,35)15-13-32/h2-11,16,27H,1,12-15H2,(H,30,34)(H,28,29,31). The third-order valence-corrected chi connectivity index (χ3v) is 7.95. The summed E-state index contributed by atoms with van der Waals surface area (Å²) in [6.45, 7) is 4.73. The van der Waals surface area contributed by atoms with Crippen LogP contribution in [-0.4, -0.2) is 49.2 Å². The summed E-state index contributed by atoms with van der Waals surface area (Å²) in [5.74, 6) is 1.38. The summed E-state index contributed by atoms with van der Waals surface area (Å²) in [6.07, 6.45) is 4.61. The molecule has 0 saturated carbocycles. The van der Waals surface area contributed by atoms with Gasteiger partial charge in [-0.25, -0.2) is 9.19 Å². The highest BCUT2D eigenvalue weighted by atomic mass is 35.5. The molecule has 3 heterocycles. The summed E-state index contributed by atoms with van der Waals surface area (Å²) in [5, 5.41) is 7.25. The lowest BCUT2D eigenvalue weighted by molar-refractivity contribution is -0.111. The highest BCUT2D eigenvalue weighted by Gasteiger charge is 2.19. The molecule has 0 aliphatic carbocycles. The van der Waals surface area contributed by atoms with Crippen LogP contribution in [0.4, 0.5) is 23.0 Å². The molecule has 2 aromatic carbocycles. The van der Waals surface area contributed by atoms with Gasteiger partial charge in [0.25, 0.3) is 0 Å². The Morgan fingerprint density at radius 1 is 1.14 bits per heavy atom. The van der Waals surface area contributed by atoms with Crippen LogP contribution in [0.5, 0.6) is 0 Å². The Balaban J connectivity index is 1.38. The van der Waals surface area contributed by atoms with Crippen molar-refractivity contribution in [3.05, 3.63) is 78.6 Å². The number of amides is 1. The Hall–Kier alpha value is -3.89. The Kier molecular flexibility index (Phi) is 6.38. The van der Waals surface area contributed by atoms with Crippen LogP contribution in [0.2, 0.25) is 5.02 Å². The van der Waals surface area contributed by atoms with E-state index in [9.17, 15) is 9.00 Å². The number of hydrogen-bond donors (Lipinski definition) is 3. The van der Waals surface area contributed by atoms with Gasteiger partial charge in [0.2, 0.25) is 11.9 Å². The number of aromatic nitrogens is 3. The number of carbonyl (C=O) groups is 1. The molecule has 36 heavy (non-hydrogen) atoms. The number of rotatable bonds is 6. The summed E-state index contributed by atoms with van der Waals surface area (Å²) in [6, 6.07) is 15.3. The molecule has 1 amide bonds. The predicted octanol–water partition coefficient (Wildman–Crippen LogP) is 4.81. The number of hydrogen-bond acceptors (Lipinski definition) is 7. The minimum Gasteiger partial charge on any atom is -0.370 e. The van der Waals surface area contributed by atoms with E-state index < -0.39 is 9.73 Å². The second-order valence-electron chi connectivity index (χ2n) is 8.36. The maximum absolute atomic E-state index is 11.9. The van der Waals surface area contributed by atoms with Crippen LogP contribution in [0, 0.1) is 4.78 Å². The monoisotopic (exact) mass is 521 g/mol. The minimum absolute atomic E-state index is 0.288. The second kappa shape index (κ2) is 9.63. The molecular weight excluding hydrogens is 498 g/mol. The highest BCUT2D eigenvalue weighted by molar-refractivity contribution is 7.92. The van der Waals surface area contributed by atoms with Crippen molar-refractivity contribution in [2.75, 3.05) is 40.1 Å². The van der Waals surface area contributed by atoms with Crippen molar-refractivity contribution in [2.24, 2.45) is 0 Å². The smallest absolute Gasteiger partial charge is 0.247 e. The molecule has 0 bridgehead atoms. The quantitative estimate of drug-likeness (QED) is 0.314. The first-order valence-electron chi connectivity index (χ1n) is 11.3. The fourth-order valence-corrected chi connectivity index (χ4v) is 5.52. The van der Waals surface area contributed by atoms with Crippen LogP contribution in [-0.2, 0) is 14.5 Å². The van der Waals surface area contributed by atoms with E-state index in [1.807, 2.05) is 59.3 Å². The van der Waals surface area contributed by atoms with E-state index in [-0.39, 0.29) is 5.91 Å². The van der Waals surface area contributed by atoms with E-state index >= 15 is 0 Å². The minimum atomic E-state index is -2.43. The molecule has 1 aliphatic heterocycles. The van der Waals surface area contributed by atoms with E-state index in [2.05, 4.69) is 32.1 Å². The van der Waals surface area contributed by atoms with Gasteiger partial charge < -0.3 is 15.5 Å². The highest BCUT2D eigenvalue weighted by Crippen LogP contribution is 2.30. The molecule has 1 fully saturated rings. The van der Waals surface area contributed by atoms with Crippen molar-refractivity contribution in [3.63, 3.8) is 0 Å². The lowest BCUT2D eigenvalue weighted by atomic mass is 10.2. The Morgan fingerprint density at radius 3 is 2.61 bits per heavy atom. The van der Waals surface area contributed by atoms with Crippen LogP contribution < -0.4 is 15.5 Å². The first-order valence-corrected chi connectivity index (χ1v) is 13.5. The Labute approximate surface area is 213 Å². The summed E-state index contributed by atoms with van der Waals surface area (Å²) in [4.78, 5) is 22.9. The molecule has 1 aliphatic rings.